The van der Waals surface area contributed by atoms with Gasteiger partial charge in [0, 0.05) is 44.7 Å². The fourth-order valence-electron chi connectivity index (χ4n) is 1.84. The van der Waals surface area contributed by atoms with Gasteiger partial charge in [-0.2, -0.15) is 6.42 Å². The molecule has 0 spiro atoms. The van der Waals surface area contributed by atoms with Crippen LogP contribution >= 0.6 is 15.9 Å². The average molecular weight is 465 g/mol. The van der Waals surface area contributed by atoms with Crippen LogP contribution in [0.4, 0.5) is 0 Å². The average Bonchev–Trinajstić information content (AvgIpc) is 2.35. The molecule has 0 rings (SSSR count). The predicted molar refractivity (Wildman–Crippen MR) is 98.8 cm³/mol. The smallest absolute Gasteiger partial charge is 0.230 e. The van der Waals surface area contributed by atoms with Gasteiger partial charge in [-0.3, -0.25) is 4.79 Å². The number of hydrogen-bond acceptors (Lipinski definition) is 2. The second kappa shape index (κ2) is 14.0. The minimum absolute atomic E-state index is 0. The van der Waals surface area contributed by atoms with E-state index in [0.29, 0.717) is 5.33 Å². The molecule has 1 amide bonds. The summed E-state index contributed by atoms with van der Waals surface area (Å²) in [5.74, 6) is 0.242. The van der Waals surface area contributed by atoms with E-state index in [1.807, 2.05) is 20.8 Å². The second-order valence-electron chi connectivity index (χ2n) is 7.77. The molecule has 0 aromatic carbocycles. The van der Waals surface area contributed by atoms with Crippen molar-refractivity contribution in [2.75, 3.05) is 11.9 Å². The maximum absolute atomic E-state index is 11.8. The number of alkyl halides is 1. The largest absolute Gasteiger partial charge is 0.355 e. The maximum atomic E-state index is 11.8. The third-order valence-corrected chi connectivity index (χ3v) is 3.35. The molecule has 0 heterocycles. The van der Waals surface area contributed by atoms with Crippen LogP contribution in [0.2, 0.25) is 0 Å². The van der Waals surface area contributed by atoms with E-state index in [4.69, 9.17) is 0 Å². The van der Waals surface area contributed by atoms with Crippen LogP contribution in [0.3, 0.4) is 0 Å². The summed E-state index contributed by atoms with van der Waals surface area (Å²) in [5.41, 5.74) is -0.0645. The minimum atomic E-state index is -0.252. The third-order valence-electron chi connectivity index (χ3n) is 2.84. The molecule has 1 N–H and O–H groups in total. The molecule has 0 aromatic rings. The first-order valence-corrected chi connectivity index (χ1v) is 8.96. The van der Waals surface area contributed by atoms with Crippen molar-refractivity contribution in [1.29, 1.82) is 0 Å². The van der Waals surface area contributed by atoms with Gasteiger partial charge in [-0.15, -0.1) is 5.92 Å². The van der Waals surface area contributed by atoms with Gasteiger partial charge in [-0.1, -0.05) is 70.3 Å². The van der Waals surface area contributed by atoms with E-state index in [-0.39, 0.29) is 61.1 Å². The molecule has 0 aliphatic carbocycles. The Hall–Kier alpha value is 0.724. The fourth-order valence-corrected chi connectivity index (χ4v) is 2.04. The van der Waals surface area contributed by atoms with Crippen molar-refractivity contribution in [3.63, 3.8) is 0 Å². The van der Waals surface area contributed by atoms with Gasteiger partial charge >= 0.3 is 0 Å². The van der Waals surface area contributed by atoms with Crippen molar-refractivity contribution < 1.29 is 42.3 Å². The molecule has 135 valence electrons. The maximum Gasteiger partial charge on any atom is 0.230 e. The van der Waals surface area contributed by atoms with Gasteiger partial charge < -0.3 is 24.0 Å². The first-order valence-electron chi connectivity index (χ1n) is 7.84. The van der Waals surface area contributed by atoms with Crippen molar-refractivity contribution in [2.24, 2.45) is 16.7 Å². The van der Waals surface area contributed by atoms with E-state index in [9.17, 15) is 9.59 Å². The van der Waals surface area contributed by atoms with E-state index in [1.54, 1.807) is 0 Å². The Balaban J connectivity index is -0.000000354. The van der Waals surface area contributed by atoms with E-state index >= 15 is 0 Å². The predicted octanol–water partition coefficient (Wildman–Crippen LogP) is 4.60. The van der Waals surface area contributed by atoms with Crippen LogP contribution < -0.4 is 5.32 Å². The zero-order valence-corrected chi connectivity index (χ0v) is 20.2. The van der Waals surface area contributed by atoms with Gasteiger partial charge in [0.1, 0.15) is 5.78 Å². The number of nitrogens with one attached hydrogen (secondary N) is 1. The molecule has 0 fully saturated rings. The van der Waals surface area contributed by atoms with Gasteiger partial charge in [-0.25, -0.2) is 0 Å². The molecular weight excluding hydrogens is 431 g/mol. The normalized spacial score (nSPS) is 12.4. The first-order chi connectivity index (χ1) is 9.85. The zero-order chi connectivity index (χ0) is 18.0. The van der Waals surface area contributed by atoms with Gasteiger partial charge in [0.2, 0.25) is 5.91 Å². The Morgan fingerprint density at radius 3 is 1.91 bits per heavy atom. The molecular formula is C18H34BrNO2Y-2. The summed E-state index contributed by atoms with van der Waals surface area (Å²) in [5, 5.41) is 3.10. The summed E-state index contributed by atoms with van der Waals surface area (Å²) in [7, 11) is 0. The number of unbranched alkanes of at least 4 members (excludes halogenated alkanes) is 1. The standard InChI is InChI=1S/C12H23O.C6H11BrNO.Y/c1-9(8-11(2,3)4)10(13)12(5,6)7;1-2-3-4-8-6(9)5-7;/h9H,1,8H2,2-7H3;1-5H2,(H,8,9);/q2*-1;. The van der Waals surface area contributed by atoms with Crippen LogP contribution in [-0.2, 0) is 42.3 Å². The molecule has 5 heteroatoms. The fraction of sp³-hybridized carbons (Fsp3) is 0.778. The van der Waals surface area contributed by atoms with Crippen molar-refractivity contribution in [1.82, 2.24) is 5.32 Å². The molecule has 1 atom stereocenters. The second-order valence-corrected chi connectivity index (χ2v) is 8.33. The van der Waals surface area contributed by atoms with Crippen molar-refractivity contribution in [2.45, 2.75) is 60.8 Å². The van der Waals surface area contributed by atoms with Gasteiger partial charge in [0.25, 0.3) is 0 Å². The molecule has 1 unspecified atom stereocenters. The molecule has 23 heavy (non-hydrogen) atoms. The first kappa shape index (κ1) is 28.5. The van der Waals surface area contributed by atoms with Crippen molar-refractivity contribution in [3.8, 4) is 0 Å². The third kappa shape index (κ3) is 18.9. The van der Waals surface area contributed by atoms with Crippen LogP contribution in [0.25, 0.3) is 0 Å². The summed E-state index contributed by atoms with van der Waals surface area (Å²) < 4.78 is 0. The van der Waals surface area contributed by atoms with Crippen LogP contribution in [-0.4, -0.2) is 23.6 Å². The van der Waals surface area contributed by atoms with Crippen molar-refractivity contribution >= 4 is 27.6 Å². The number of hydrogen-bond donors (Lipinski definition) is 1. The van der Waals surface area contributed by atoms with E-state index in [1.165, 1.54) is 0 Å². The Kier molecular flexibility index (Phi) is 17.3. The van der Waals surface area contributed by atoms with E-state index < -0.39 is 0 Å². The van der Waals surface area contributed by atoms with Crippen LogP contribution in [0.5, 0.6) is 0 Å². The molecule has 3 nitrogen and oxygen atoms in total. The Bertz CT molecular complexity index is 333. The number of Topliss-reactive ketones (excluding diaryl/α,β-unsaturated/α-hetero) is 1. The number of rotatable bonds is 6. The minimum Gasteiger partial charge on any atom is -0.355 e. The van der Waals surface area contributed by atoms with Gasteiger partial charge in [0.15, 0.2) is 0 Å². The van der Waals surface area contributed by atoms with E-state index in [0.717, 1.165) is 25.8 Å². The monoisotopic (exact) mass is 464 g/mol. The quantitative estimate of drug-likeness (QED) is 0.354. The molecule has 0 aromatic heterocycles. The molecule has 0 saturated carbocycles. The Morgan fingerprint density at radius 1 is 1.13 bits per heavy atom. The molecule has 0 bridgehead atoms. The number of carbonyl (C=O) groups excluding carboxylic acids is 2. The zero-order valence-electron chi connectivity index (χ0n) is 15.8. The molecule has 0 aliphatic rings. The summed E-state index contributed by atoms with van der Waals surface area (Å²) in [4.78, 5) is 22.3. The number of carbonyl (C=O) groups is 2. The summed E-state index contributed by atoms with van der Waals surface area (Å²) >= 11 is 3.04. The summed E-state index contributed by atoms with van der Waals surface area (Å²) in [6, 6.07) is 0. The Morgan fingerprint density at radius 2 is 1.61 bits per heavy atom. The topological polar surface area (TPSA) is 46.2 Å². The number of ketones is 1. The van der Waals surface area contributed by atoms with Gasteiger partial charge in [0.05, 0.1) is 5.33 Å². The number of amides is 1. The van der Waals surface area contributed by atoms with Gasteiger partial charge in [-0.05, 0) is 5.41 Å². The summed E-state index contributed by atoms with van der Waals surface area (Å²) in [6.07, 6.45) is 2.70. The SMILES string of the molecule is [CH2-]C(CC(C)(C)C)C(=O)C(C)(C)C.[CH2-]CCCNC(=O)CBr.[Y]. The summed E-state index contributed by atoms with van der Waals surface area (Å²) in [6.45, 7) is 20.6. The van der Waals surface area contributed by atoms with Crippen molar-refractivity contribution in [3.05, 3.63) is 13.8 Å². The molecule has 0 aliphatic heterocycles. The van der Waals surface area contributed by atoms with Crippen LogP contribution in [0.1, 0.15) is 60.8 Å². The molecule has 1 radical (unpaired) electrons. The number of halogens is 1. The van der Waals surface area contributed by atoms with E-state index in [2.05, 4.69) is 55.9 Å². The Labute approximate surface area is 177 Å². The molecule has 0 saturated heterocycles. The van der Waals surface area contributed by atoms with Crippen LogP contribution in [0.15, 0.2) is 0 Å². The van der Waals surface area contributed by atoms with Crippen LogP contribution in [0, 0.1) is 30.6 Å².